The Hall–Kier alpha value is -3.08. The van der Waals surface area contributed by atoms with E-state index in [0.717, 1.165) is 29.5 Å². The number of hydrogen-bond donors (Lipinski definition) is 1. The zero-order valence-corrected chi connectivity index (χ0v) is 17.4. The first-order valence-corrected chi connectivity index (χ1v) is 9.89. The monoisotopic (exact) mass is 393 g/mol. The molecule has 5 nitrogen and oxygen atoms in total. The van der Waals surface area contributed by atoms with Gasteiger partial charge >= 0.3 is 0 Å². The van der Waals surface area contributed by atoms with Crippen LogP contribution in [0.3, 0.4) is 0 Å². The standard InChI is InChI=1S/C24H27NO4/c1-5-6-12-25-20(17-10-8-7-9-11-17)19(22(27)24(25)28)21(26)18-14-15(2)13-16(3)23(18)29-4/h7-11,13-14,20,26H,5-6,12H2,1-4H3/b21-19+. The fraction of sp³-hybridized carbons (Fsp3) is 0.333. The van der Waals surface area contributed by atoms with Crippen LogP contribution in [0.5, 0.6) is 5.75 Å². The molecule has 1 amide bonds. The van der Waals surface area contributed by atoms with Crippen LogP contribution >= 0.6 is 0 Å². The Morgan fingerprint density at radius 2 is 1.83 bits per heavy atom. The quantitative estimate of drug-likeness (QED) is 0.445. The molecule has 1 heterocycles. The molecular weight excluding hydrogens is 366 g/mol. The third-order valence-electron chi connectivity index (χ3n) is 5.29. The number of likely N-dealkylation sites (tertiary alicyclic amines) is 1. The van der Waals surface area contributed by atoms with Crippen molar-refractivity contribution >= 4 is 17.4 Å². The molecule has 1 aliphatic heterocycles. The molecular formula is C24H27NO4. The number of carbonyl (C=O) groups is 2. The molecule has 1 saturated heterocycles. The van der Waals surface area contributed by atoms with Gasteiger partial charge in [0, 0.05) is 6.54 Å². The Balaban J connectivity index is 2.24. The lowest BCUT2D eigenvalue weighted by atomic mass is 9.93. The van der Waals surface area contributed by atoms with Crippen molar-refractivity contribution in [1.82, 2.24) is 4.90 Å². The summed E-state index contributed by atoms with van der Waals surface area (Å²) < 4.78 is 5.50. The summed E-state index contributed by atoms with van der Waals surface area (Å²) in [5, 5.41) is 11.2. The molecule has 3 rings (SSSR count). The lowest BCUT2D eigenvalue weighted by Gasteiger charge is -2.25. The highest BCUT2D eigenvalue weighted by Gasteiger charge is 2.46. The van der Waals surface area contributed by atoms with E-state index in [9.17, 15) is 14.7 Å². The maximum absolute atomic E-state index is 13.0. The van der Waals surface area contributed by atoms with E-state index in [-0.39, 0.29) is 11.3 Å². The second-order valence-corrected chi connectivity index (χ2v) is 7.42. The SMILES string of the molecule is CCCCN1C(=O)C(=O)/C(=C(/O)c2cc(C)cc(C)c2OC)C1c1ccccc1. The van der Waals surface area contributed by atoms with E-state index in [1.54, 1.807) is 11.0 Å². The third-order valence-corrected chi connectivity index (χ3v) is 5.29. The van der Waals surface area contributed by atoms with E-state index in [1.807, 2.05) is 57.2 Å². The molecule has 1 unspecified atom stereocenters. The molecule has 0 saturated carbocycles. The minimum atomic E-state index is -0.659. The van der Waals surface area contributed by atoms with E-state index in [0.29, 0.717) is 17.9 Å². The number of aliphatic hydroxyl groups is 1. The highest BCUT2D eigenvalue weighted by atomic mass is 16.5. The maximum Gasteiger partial charge on any atom is 0.295 e. The number of hydrogen-bond acceptors (Lipinski definition) is 4. The number of rotatable bonds is 6. The van der Waals surface area contributed by atoms with Crippen LogP contribution in [0.4, 0.5) is 0 Å². The van der Waals surface area contributed by atoms with Gasteiger partial charge < -0.3 is 14.7 Å². The van der Waals surface area contributed by atoms with Crippen molar-refractivity contribution < 1.29 is 19.4 Å². The summed E-state index contributed by atoms with van der Waals surface area (Å²) in [5.41, 5.74) is 3.12. The molecule has 0 aromatic heterocycles. The minimum absolute atomic E-state index is 0.112. The summed E-state index contributed by atoms with van der Waals surface area (Å²) in [5.74, 6) is -0.926. The molecule has 1 fully saturated rings. The predicted octanol–water partition coefficient (Wildman–Crippen LogP) is 4.53. The van der Waals surface area contributed by atoms with Crippen LogP contribution in [0.2, 0.25) is 0 Å². The Morgan fingerprint density at radius 1 is 1.14 bits per heavy atom. The molecule has 1 aliphatic rings. The van der Waals surface area contributed by atoms with Crippen LogP contribution in [0.1, 0.15) is 48.1 Å². The van der Waals surface area contributed by atoms with Crippen molar-refractivity contribution in [2.75, 3.05) is 13.7 Å². The van der Waals surface area contributed by atoms with Gasteiger partial charge in [-0.2, -0.15) is 0 Å². The van der Waals surface area contributed by atoms with Crippen molar-refractivity contribution in [3.63, 3.8) is 0 Å². The maximum atomic E-state index is 13.0. The lowest BCUT2D eigenvalue weighted by Crippen LogP contribution is -2.30. The normalized spacial score (nSPS) is 18.3. The zero-order chi connectivity index (χ0) is 21.1. The molecule has 2 aromatic carbocycles. The van der Waals surface area contributed by atoms with Crippen LogP contribution < -0.4 is 4.74 Å². The predicted molar refractivity (Wildman–Crippen MR) is 113 cm³/mol. The van der Waals surface area contributed by atoms with E-state index in [2.05, 4.69) is 0 Å². The fourth-order valence-corrected chi connectivity index (χ4v) is 3.97. The van der Waals surface area contributed by atoms with Gasteiger partial charge in [0.05, 0.1) is 24.3 Å². The Bertz CT molecular complexity index is 962. The average molecular weight is 393 g/mol. The fourth-order valence-electron chi connectivity index (χ4n) is 3.97. The van der Waals surface area contributed by atoms with Crippen molar-refractivity contribution in [1.29, 1.82) is 0 Å². The molecule has 0 radical (unpaired) electrons. The average Bonchev–Trinajstić information content (AvgIpc) is 2.96. The van der Waals surface area contributed by atoms with Crippen LogP contribution in [0.15, 0.2) is 48.0 Å². The number of benzene rings is 2. The molecule has 5 heteroatoms. The van der Waals surface area contributed by atoms with E-state index in [4.69, 9.17) is 4.74 Å². The van der Waals surface area contributed by atoms with Gasteiger partial charge in [-0.05, 0) is 43.0 Å². The van der Waals surface area contributed by atoms with E-state index in [1.165, 1.54) is 7.11 Å². The summed E-state index contributed by atoms with van der Waals surface area (Å²) >= 11 is 0. The second-order valence-electron chi connectivity index (χ2n) is 7.42. The van der Waals surface area contributed by atoms with Gasteiger partial charge in [0.1, 0.15) is 11.5 Å². The molecule has 29 heavy (non-hydrogen) atoms. The van der Waals surface area contributed by atoms with Crippen molar-refractivity contribution in [3.8, 4) is 5.75 Å². The number of aliphatic hydroxyl groups excluding tert-OH is 1. The molecule has 0 spiro atoms. The summed E-state index contributed by atoms with van der Waals surface area (Å²) in [7, 11) is 1.53. The number of nitrogens with zero attached hydrogens (tertiary/aromatic N) is 1. The number of Topliss-reactive ketones (excluding diaryl/α,β-unsaturated/α-hetero) is 1. The highest BCUT2D eigenvalue weighted by molar-refractivity contribution is 6.46. The topological polar surface area (TPSA) is 66.8 Å². The summed E-state index contributed by atoms with van der Waals surface area (Å²) in [4.78, 5) is 27.4. The Morgan fingerprint density at radius 3 is 2.45 bits per heavy atom. The Kier molecular flexibility index (Phi) is 6.06. The lowest BCUT2D eigenvalue weighted by molar-refractivity contribution is -0.139. The van der Waals surface area contributed by atoms with Crippen LogP contribution in [-0.2, 0) is 9.59 Å². The molecule has 152 valence electrons. The van der Waals surface area contributed by atoms with Crippen LogP contribution in [-0.4, -0.2) is 35.4 Å². The minimum Gasteiger partial charge on any atom is -0.507 e. The van der Waals surface area contributed by atoms with Gasteiger partial charge in [0.2, 0.25) is 0 Å². The number of carbonyl (C=O) groups excluding carboxylic acids is 2. The van der Waals surface area contributed by atoms with Gasteiger partial charge in [-0.15, -0.1) is 0 Å². The molecule has 2 aromatic rings. The molecule has 1 N–H and O–H groups in total. The zero-order valence-electron chi connectivity index (χ0n) is 17.4. The first-order chi connectivity index (χ1) is 13.9. The van der Waals surface area contributed by atoms with Crippen molar-refractivity contribution in [2.45, 2.75) is 39.7 Å². The third kappa shape index (κ3) is 3.77. The Labute approximate surface area is 171 Å². The molecule has 0 aliphatic carbocycles. The van der Waals surface area contributed by atoms with Gasteiger partial charge in [-0.3, -0.25) is 9.59 Å². The number of amides is 1. The number of unbranched alkanes of at least 4 members (excludes halogenated alkanes) is 1. The first kappa shape index (κ1) is 20.6. The van der Waals surface area contributed by atoms with Crippen molar-refractivity contribution in [3.05, 3.63) is 70.3 Å². The summed E-state index contributed by atoms with van der Waals surface area (Å²) in [6.45, 7) is 6.30. The number of ketones is 1. The summed E-state index contributed by atoms with van der Waals surface area (Å²) in [6, 6.07) is 12.5. The second kappa shape index (κ2) is 8.52. The number of ether oxygens (including phenoxy) is 1. The smallest absolute Gasteiger partial charge is 0.295 e. The molecule has 1 atom stereocenters. The van der Waals surface area contributed by atoms with E-state index >= 15 is 0 Å². The van der Waals surface area contributed by atoms with Gasteiger partial charge in [0.25, 0.3) is 11.7 Å². The number of aryl methyl sites for hydroxylation is 2. The number of methoxy groups -OCH3 is 1. The van der Waals surface area contributed by atoms with Crippen LogP contribution in [0, 0.1) is 13.8 Å². The van der Waals surface area contributed by atoms with Gasteiger partial charge in [-0.1, -0.05) is 49.7 Å². The largest absolute Gasteiger partial charge is 0.507 e. The summed E-state index contributed by atoms with van der Waals surface area (Å²) in [6.07, 6.45) is 1.68. The molecule has 0 bridgehead atoms. The van der Waals surface area contributed by atoms with Gasteiger partial charge in [0.15, 0.2) is 0 Å². The van der Waals surface area contributed by atoms with Crippen LogP contribution in [0.25, 0.3) is 5.76 Å². The van der Waals surface area contributed by atoms with Crippen molar-refractivity contribution in [2.24, 2.45) is 0 Å². The van der Waals surface area contributed by atoms with E-state index < -0.39 is 17.7 Å². The highest BCUT2D eigenvalue weighted by Crippen LogP contribution is 2.41. The van der Waals surface area contributed by atoms with Gasteiger partial charge in [-0.25, -0.2) is 0 Å². The first-order valence-electron chi connectivity index (χ1n) is 9.89.